The summed E-state index contributed by atoms with van der Waals surface area (Å²) < 4.78 is 0. The van der Waals surface area contributed by atoms with Crippen molar-refractivity contribution in [3.63, 3.8) is 0 Å². The maximum atomic E-state index is 4.41. The average molecular weight is 263 g/mol. The van der Waals surface area contributed by atoms with Gasteiger partial charge in [-0.25, -0.2) is 4.98 Å². The fourth-order valence-electron chi connectivity index (χ4n) is 2.82. The second kappa shape index (κ2) is 6.19. The first-order valence-corrected chi connectivity index (χ1v) is 7.08. The molecule has 0 amide bonds. The first kappa shape index (κ1) is 14.1. The van der Waals surface area contributed by atoms with E-state index in [1.54, 1.807) is 6.20 Å². The van der Waals surface area contributed by atoms with Crippen molar-refractivity contribution >= 4 is 11.8 Å². The van der Waals surface area contributed by atoms with Gasteiger partial charge in [0.1, 0.15) is 5.82 Å². The van der Waals surface area contributed by atoms with Crippen LogP contribution in [-0.2, 0) is 0 Å². The van der Waals surface area contributed by atoms with E-state index in [2.05, 4.69) is 39.6 Å². The molecule has 5 nitrogen and oxygen atoms in total. The number of hydrogen-bond acceptors (Lipinski definition) is 5. The van der Waals surface area contributed by atoms with E-state index in [1.807, 2.05) is 13.1 Å². The predicted molar refractivity (Wildman–Crippen MR) is 79.6 cm³/mol. The third-order valence-electron chi connectivity index (χ3n) is 4.22. The molecule has 0 radical (unpaired) electrons. The van der Waals surface area contributed by atoms with E-state index in [9.17, 15) is 0 Å². The van der Waals surface area contributed by atoms with E-state index >= 15 is 0 Å². The highest BCUT2D eigenvalue weighted by Gasteiger charge is 2.34. The number of hydrogen-bond donors (Lipinski definition) is 2. The van der Waals surface area contributed by atoms with E-state index in [0.29, 0.717) is 5.95 Å². The van der Waals surface area contributed by atoms with E-state index in [4.69, 9.17) is 0 Å². The summed E-state index contributed by atoms with van der Waals surface area (Å²) in [5.41, 5.74) is 0.247. The van der Waals surface area contributed by atoms with Crippen molar-refractivity contribution in [3.05, 3.63) is 12.3 Å². The Kier molecular flexibility index (Phi) is 4.58. The highest BCUT2D eigenvalue weighted by atomic mass is 15.2. The maximum Gasteiger partial charge on any atom is 0.224 e. The number of rotatable bonds is 5. The molecule has 0 saturated heterocycles. The SMILES string of the molecule is CNc1ccnc(NCC2(N(C)C)CCCCC2)n1. The summed E-state index contributed by atoms with van der Waals surface area (Å²) in [5, 5.41) is 6.44. The molecule has 1 saturated carbocycles. The molecule has 1 aromatic rings. The highest BCUT2D eigenvalue weighted by molar-refractivity contribution is 5.39. The van der Waals surface area contributed by atoms with Crippen molar-refractivity contribution in [2.75, 3.05) is 38.3 Å². The second-order valence-corrected chi connectivity index (χ2v) is 5.55. The van der Waals surface area contributed by atoms with E-state index in [-0.39, 0.29) is 5.54 Å². The molecule has 0 bridgehead atoms. The minimum Gasteiger partial charge on any atom is -0.373 e. The molecule has 2 N–H and O–H groups in total. The molecule has 2 rings (SSSR count). The molecule has 0 spiro atoms. The molecular weight excluding hydrogens is 238 g/mol. The zero-order valence-corrected chi connectivity index (χ0v) is 12.2. The van der Waals surface area contributed by atoms with Crippen molar-refractivity contribution in [1.29, 1.82) is 0 Å². The molecule has 1 aromatic heterocycles. The lowest BCUT2D eigenvalue weighted by atomic mass is 9.80. The van der Waals surface area contributed by atoms with Gasteiger partial charge in [-0.3, -0.25) is 0 Å². The summed E-state index contributed by atoms with van der Waals surface area (Å²) in [4.78, 5) is 11.1. The van der Waals surface area contributed by atoms with Crippen LogP contribution in [0.15, 0.2) is 12.3 Å². The lowest BCUT2D eigenvalue weighted by Crippen LogP contribution is -2.51. The summed E-state index contributed by atoms with van der Waals surface area (Å²) in [5.74, 6) is 1.55. The molecule has 106 valence electrons. The Morgan fingerprint density at radius 3 is 2.63 bits per heavy atom. The van der Waals surface area contributed by atoms with Crippen molar-refractivity contribution in [3.8, 4) is 0 Å². The molecule has 1 aliphatic carbocycles. The summed E-state index contributed by atoms with van der Waals surface area (Å²) in [6.45, 7) is 0.910. The molecule has 0 atom stereocenters. The summed E-state index contributed by atoms with van der Waals surface area (Å²) >= 11 is 0. The zero-order chi connectivity index (χ0) is 13.7. The Hall–Kier alpha value is -1.36. The van der Waals surface area contributed by atoms with Gasteiger partial charge in [0.25, 0.3) is 0 Å². The second-order valence-electron chi connectivity index (χ2n) is 5.55. The summed E-state index contributed by atoms with van der Waals surface area (Å²) in [6.07, 6.45) is 8.28. The summed E-state index contributed by atoms with van der Waals surface area (Å²) in [6, 6.07) is 1.87. The van der Waals surface area contributed by atoms with Gasteiger partial charge in [-0.05, 0) is 33.0 Å². The Morgan fingerprint density at radius 2 is 2.00 bits per heavy atom. The number of anilines is 2. The topological polar surface area (TPSA) is 53.1 Å². The largest absolute Gasteiger partial charge is 0.373 e. The van der Waals surface area contributed by atoms with Crippen molar-refractivity contribution < 1.29 is 0 Å². The van der Waals surface area contributed by atoms with Gasteiger partial charge in [0, 0.05) is 25.3 Å². The van der Waals surface area contributed by atoms with E-state index < -0.39 is 0 Å². The number of aromatic nitrogens is 2. The lowest BCUT2D eigenvalue weighted by molar-refractivity contribution is 0.113. The van der Waals surface area contributed by atoms with Gasteiger partial charge in [0.05, 0.1) is 0 Å². The predicted octanol–water partition coefficient (Wildman–Crippen LogP) is 2.19. The molecule has 5 heteroatoms. The summed E-state index contributed by atoms with van der Waals surface area (Å²) in [7, 11) is 6.23. The Labute approximate surface area is 115 Å². The van der Waals surface area contributed by atoms with Crippen LogP contribution >= 0.6 is 0 Å². The van der Waals surface area contributed by atoms with Crippen LogP contribution in [0.1, 0.15) is 32.1 Å². The number of nitrogens with one attached hydrogen (secondary N) is 2. The van der Waals surface area contributed by atoms with Crippen molar-refractivity contribution in [1.82, 2.24) is 14.9 Å². The fraction of sp³-hybridized carbons (Fsp3) is 0.714. The molecule has 19 heavy (non-hydrogen) atoms. The van der Waals surface area contributed by atoms with Gasteiger partial charge < -0.3 is 15.5 Å². The molecule has 0 aromatic carbocycles. The average Bonchev–Trinajstić information content (AvgIpc) is 2.46. The van der Waals surface area contributed by atoms with E-state index in [0.717, 1.165) is 12.4 Å². The Bertz CT molecular complexity index is 399. The fourth-order valence-corrected chi connectivity index (χ4v) is 2.82. The molecule has 1 aliphatic rings. The third kappa shape index (κ3) is 3.35. The monoisotopic (exact) mass is 263 g/mol. The molecule has 1 heterocycles. The first-order chi connectivity index (χ1) is 9.16. The van der Waals surface area contributed by atoms with Gasteiger partial charge in [-0.1, -0.05) is 19.3 Å². The highest BCUT2D eigenvalue weighted by Crippen LogP contribution is 2.32. The normalized spacial score (nSPS) is 18.3. The quantitative estimate of drug-likeness (QED) is 0.853. The van der Waals surface area contributed by atoms with Crippen LogP contribution < -0.4 is 10.6 Å². The standard InChI is InChI=1S/C14H25N5/c1-15-12-7-10-16-13(18-12)17-11-14(19(2)3)8-5-4-6-9-14/h7,10H,4-6,8-9,11H2,1-3H3,(H2,15,16,17,18). The number of nitrogens with zero attached hydrogens (tertiary/aromatic N) is 3. The molecule has 0 aliphatic heterocycles. The zero-order valence-electron chi connectivity index (χ0n) is 12.2. The van der Waals surface area contributed by atoms with Gasteiger partial charge >= 0.3 is 0 Å². The van der Waals surface area contributed by atoms with Crippen molar-refractivity contribution in [2.45, 2.75) is 37.6 Å². The Morgan fingerprint density at radius 1 is 1.26 bits per heavy atom. The minimum absolute atomic E-state index is 0.247. The first-order valence-electron chi connectivity index (χ1n) is 7.08. The van der Waals surface area contributed by atoms with Gasteiger partial charge in [-0.2, -0.15) is 4.98 Å². The molecule has 1 fully saturated rings. The minimum atomic E-state index is 0.247. The van der Waals surface area contributed by atoms with Gasteiger partial charge in [0.2, 0.25) is 5.95 Å². The van der Waals surface area contributed by atoms with Gasteiger partial charge in [0.15, 0.2) is 0 Å². The van der Waals surface area contributed by atoms with Crippen LogP contribution in [0.4, 0.5) is 11.8 Å². The Balaban J connectivity index is 2.02. The van der Waals surface area contributed by atoms with Crippen LogP contribution in [0.2, 0.25) is 0 Å². The molecule has 0 unspecified atom stereocenters. The van der Waals surface area contributed by atoms with Crippen LogP contribution in [-0.4, -0.2) is 48.1 Å². The number of likely N-dealkylation sites (N-methyl/N-ethyl adjacent to an activating group) is 1. The van der Waals surface area contributed by atoms with E-state index in [1.165, 1.54) is 32.1 Å². The lowest BCUT2D eigenvalue weighted by Gasteiger charge is -2.43. The van der Waals surface area contributed by atoms with Gasteiger partial charge in [-0.15, -0.1) is 0 Å². The third-order valence-corrected chi connectivity index (χ3v) is 4.22. The van der Waals surface area contributed by atoms with Crippen LogP contribution in [0.3, 0.4) is 0 Å². The van der Waals surface area contributed by atoms with Crippen LogP contribution in [0, 0.1) is 0 Å². The van der Waals surface area contributed by atoms with Crippen LogP contribution in [0.25, 0.3) is 0 Å². The smallest absolute Gasteiger partial charge is 0.224 e. The maximum absolute atomic E-state index is 4.41. The molecular formula is C14H25N5. The van der Waals surface area contributed by atoms with Crippen molar-refractivity contribution in [2.24, 2.45) is 0 Å². The van der Waals surface area contributed by atoms with Crippen LogP contribution in [0.5, 0.6) is 0 Å².